The highest BCUT2D eigenvalue weighted by Crippen LogP contribution is 2.23. The first-order chi connectivity index (χ1) is 10.2. The van der Waals surface area contributed by atoms with E-state index in [1.165, 1.54) is 32.4 Å². The molecular formula is C17H28N2O2. The second-order valence-electron chi connectivity index (χ2n) is 5.82. The Kier molecular flexibility index (Phi) is 6.33. The predicted octanol–water partition coefficient (Wildman–Crippen LogP) is 2.67. The lowest BCUT2D eigenvalue weighted by molar-refractivity contribution is 0.208. The molecule has 21 heavy (non-hydrogen) atoms. The lowest BCUT2D eigenvalue weighted by Crippen LogP contribution is -2.41. The van der Waals surface area contributed by atoms with Gasteiger partial charge in [0, 0.05) is 24.7 Å². The number of piperidine rings is 1. The van der Waals surface area contributed by atoms with E-state index in [0.717, 1.165) is 30.2 Å². The van der Waals surface area contributed by atoms with Gasteiger partial charge in [-0.05, 0) is 51.1 Å². The molecule has 0 saturated carbocycles. The van der Waals surface area contributed by atoms with Crippen LogP contribution in [-0.2, 0) is 6.54 Å². The molecule has 1 aliphatic heterocycles. The van der Waals surface area contributed by atoms with E-state index in [0.29, 0.717) is 6.04 Å². The summed E-state index contributed by atoms with van der Waals surface area (Å²) in [7, 11) is 3.40. The normalized spacial score (nSPS) is 17.5. The Labute approximate surface area is 128 Å². The van der Waals surface area contributed by atoms with E-state index in [2.05, 4.69) is 17.1 Å². The number of hydrogen-bond acceptors (Lipinski definition) is 4. The van der Waals surface area contributed by atoms with Gasteiger partial charge in [0.15, 0.2) is 0 Å². The second-order valence-corrected chi connectivity index (χ2v) is 5.82. The SMILES string of the molecule is COc1ccc(OC)c(CNC(C)CN2CCCCC2)c1. The third-order valence-corrected chi connectivity index (χ3v) is 4.11. The van der Waals surface area contributed by atoms with Crippen molar-refractivity contribution < 1.29 is 9.47 Å². The maximum atomic E-state index is 5.42. The summed E-state index contributed by atoms with van der Waals surface area (Å²) in [6.07, 6.45) is 4.08. The van der Waals surface area contributed by atoms with E-state index < -0.39 is 0 Å². The lowest BCUT2D eigenvalue weighted by Gasteiger charge is -2.29. The summed E-state index contributed by atoms with van der Waals surface area (Å²) in [4.78, 5) is 2.56. The first kappa shape index (κ1) is 16.1. The van der Waals surface area contributed by atoms with Crippen LogP contribution in [0.15, 0.2) is 18.2 Å². The Bertz CT molecular complexity index is 431. The van der Waals surface area contributed by atoms with E-state index >= 15 is 0 Å². The molecule has 1 unspecified atom stereocenters. The van der Waals surface area contributed by atoms with Crippen LogP contribution >= 0.6 is 0 Å². The van der Waals surface area contributed by atoms with Gasteiger partial charge in [0.1, 0.15) is 11.5 Å². The van der Waals surface area contributed by atoms with Crippen molar-refractivity contribution >= 4 is 0 Å². The topological polar surface area (TPSA) is 33.7 Å². The number of methoxy groups -OCH3 is 2. The molecular weight excluding hydrogens is 264 g/mol. The van der Waals surface area contributed by atoms with Gasteiger partial charge in [0.25, 0.3) is 0 Å². The Balaban J connectivity index is 1.86. The first-order valence-electron chi connectivity index (χ1n) is 7.89. The van der Waals surface area contributed by atoms with Gasteiger partial charge in [0.05, 0.1) is 14.2 Å². The number of hydrogen-bond donors (Lipinski definition) is 1. The van der Waals surface area contributed by atoms with Gasteiger partial charge in [-0.15, -0.1) is 0 Å². The van der Waals surface area contributed by atoms with Crippen molar-refractivity contribution in [2.45, 2.75) is 38.8 Å². The fraction of sp³-hybridized carbons (Fsp3) is 0.647. The summed E-state index contributed by atoms with van der Waals surface area (Å²) >= 11 is 0. The zero-order chi connectivity index (χ0) is 15.1. The standard InChI is InChI=1S/C17H28N2O2/c1-14(13-19-9-5-4-6-10-19)18-12-15-11-16(20-2)7-8-17(15)21-3/h7-8,11,14,18H,4-6,9-10,12-13H2,1-3H3. The van der Waals surface area contributed by atoms with Crippen molar-refractivity contribution in [1.82, 2.24) is 10.2 Å². The number of nitrogens with one attached hydrogen (secondary N) is 1. The van der Waals surface area contributed by atoms with Gasteiger partial charge < -0.3 is 19.7 Å². The zero-order valence-corrected chi connectivity index (χ0v) is 13.5. The molecule has 2 rings (SSSR count). The van der Waals surface area contributed by atoms with Crippen molar-refractivity contribution in [3.63, 3.8) is 0 Å². The Morgan fingerprint density at radius 1 is 1.14 bits per heavy atom. The van der Waals surface area contributed by atoms with Gasteiger partial charge >= 0.3 is 0 Å². The number of rotatable bonds is 7. The van der Waals surface area contributed by atoms with Crippen molar-refractivity contribution in [2.24, 2.45) is 0 Å². The summed E-state index contributed by atoms with van der Waals surface area (Å²) in [6.45, 7) is 6.66. The minimum absolute atomic E-state index is 0.471. The summed E-state index contributed by atoms with van der Waals surface area (Å²) in [5, 5.41) is 3.60. The lowest BCUT2D eigenvalue weighted by atomic mass is 10.1. The van der Waals surface area contributed by atoms with Gasteiger partial charge in [-0.3, -0.25) is 0 Å². The Morgan fingerprint density at radius 3 is 2.57 bits per heavy atom. The minimum Gasteiger partial charge on any atom is -0.497 e. The molecule has 1 fully saturated rings. The average molecular weight is 292 g/mol. The highest BCUT2D eigenvalue weighted by Gasteiger charge is 2.13. The summed E-state index contributed by atoms with van der Waals surface area (Å²) in [5.74, 6) is 1.78. The van der Waals surface area contributed by atoms with E-state index in [1.807, 2.05) is 18.2 Å². The smallest absolute Gasteiger partial charge is 0.123 e. The zero-order valence-electron chi connectivity index (χ0n) is 13.5. The molecule has 1 atom stereocenters. The van der Waals surface area contributed by atoms with E-state index in [-0.39, 0.29) is 0 Å². The Hall–Kier alpha value is -1.26. The van der Waals surface area contributed by atoms with E-state index in [4.69, 9.17) is 9.47 Å². The molecule has 4 nitrogen and oxygen atoms in total. The number of nitrogens with zero attached hydrogens (tertiary/aromatic N) is 1. The largest absolute Gasteiger partial charge is 0.497 e. The molecule has 0 aromatic heterocycles. The van der Waals surface area contributed by atoms with Crippen LogP contribution < -0.4 is 14.8 Å². The number of benzene rings is 1. The van der Waals surface area contributed by atoms with Gasteiger partial charge in [-0.2, -0.15) is 0 Å². The van der Waals surface area contributed by atoms with Crippen LogP contribution in [-0.4, -0.2) is 44.8 Å². The van der Waals surface area contributed by atoms with Gasteiger partial charge in [-0.25, -0.2) is 0 Å². The van der Waals surface area contributed by atoms with Crippen LogP contribution in [0.3, 0.4) is 0 Å². The average Bonchev–Trinajstić information content (AvgIpc) is 2.53. The van der Waals surface area contributed by atoms with Crippen molar-refractivity contribution in [3.05, 3.63) is 23.8 Å². The van der Waals surface area contributed by atoms with Gasteiger partial charge in [0.2, 0.25) is 0 Å². The molecule has 118 valence electrons. The molecule has 1 aromatic carbocycles. The number of ether oxygens (including phenoxy) is 2. The van der Waals surface area contributed by atoms with Crippen LogP contribution in [0.4, 0.5) is 0 Å². The molecule has 0 amide bonds. The summed E-state index contributed by atoms with van der Waals surface area (Å²) in [5.41, 5.74) is 1.14. The Morgan fingerprint density at radius 2 is 1.90 bits per heavy atom. The van der Waals surface area contributed by atoms with Crippen LogP contribution in [0.25, 0.3) is 0 Å². The molecule has 4 heteroatoms. The second kappa shape index (κ2) is 8.25. The predicted molar refractivity (Wildman–Crippen MR) is 86.1 cm³/mol. The monoisotopic (exact) mass is 292 g/mol. The quantitative estimate of drug-likeness (QED) is 0.838. The molecule has 1 saturated heterocycles. The maximum absolute atomic E-state index is 5.42. The maximum Gasteiger partial charge on any atom is 0.123 e. The first-order valence-corrected chi connectivity index (χ1v) is 7.89. The highest BCUT2D eigenvalue weighted by molar-refractivity contribution is 5.40. The number of likely N-dealkylation sites (tertiary alicyclic amines) is 1. The van der Waals surface area contributed by atoms with Gasteiger partial charge in [-0.1, -0.05) is 6.42 Å². The fourth-order valence-corrected chi connectivity index (χ4v) is 2.90. The summed E-state index contributed by atoms with van der Waals surface area (Å²) in [6, 6.07) is 6.41. The van der Waals surface area contributed by atoms with Crippen LogP contribution in [0.2, 0.25) is 0 Å². The molecule has 0 aliphatic carbocycles. The van der Waals surface area contributed by atoms with Crippen LogP contribution in [0, 0.1) is 0 Å². The third kappa shape index (κ3) is 4.90. The van der Waals surface area contributed by atoms with Crippen molar-refractivity contribution in [1.29, 1.82) is 0 Å². The third-order valence-electron chi connectivity index (χ3n) is 4.11. The van der Waals surface area contributed by atoms with Crippen molar-refractivity contribution in [3.8, 4) is 11.5 Å². The molecule has 1 aromatic rings. The molecule has 0 radical (unpaired) electrons. The molecule has 1 aliphatic rings. The summed E-state index contributed by atoms with van der Waals surface area (Å²) < 4.78 is 10.7. The highest BCUT2D eigenvalue weighted by atomic mass is 16.5. The fourth-order valence-electron chi connectivity index (χ4n) is 2.90. The molecule has 0 bridgehead atoms. The molecule has 1 heterocycles. The molecule has 0 spiro atoms. The van der Waals surface area contributed by atoms with Crippen LogP contribution in [0.5, 0.6) is 11.5 Å². The minimum atomic E-state index is 0.471. The molecule has 1 N–H and O–H groups in total. The van der Waals surface area contributed by atoms with Crippen LogP contribution in [0.1, 0.15) is 31.7 Å². The van der Waals surface area contributed by atoms with Crippen molar-refractivity contribution in [2.75, 3.05) is 33.9 Å². The van der Waals surface area contributed by atoms with E-state index in [9.17, 15) is 0 Å². The van der Waals surface area contributed by atoms with E-state index in [1.54, 1.807) is 14.2 Å².